The highest BCUT2D eigenvalue weighted by atomic mass is 32.2. The topological polar surface area (TPSA) is 98.8 Å². The number of nitrogens with one attached hydrogen (secondary N) is 1. The van der Waals surface area contributed by atoms with Gasteiger partial charge in [0.2, 0.25) is 10.0 Å². The minimum Gasteiger partial charge on any atom is -0.460 e. The van der Waals surface area contributed by atoms with Crippen LogP contribution in [0.1, 0.15) is 45.6 Å². The monoisotopic (exact) mass is 425 g/mol. The summed E-state index contributed by atoms with van der Waals surface area (Å²) in [5.74, 6) is -0.257. The summed E-state index contributed by atoms with van der Waals surface area (Å²) in [6.07, 6.45) is 2.76. The van der Waals surface area contributed by atoms with Gasteiger partial charge in [-0.2, -0.15) is 4.72 Å². The predicted molar refractivity (Wildman–Crippen MR) is 109 cm³/mol. The fourth-order valence-electron chi connectivity index (χ4n) is 3.60. The minimum absolute atomic E-state index is 0.0569. The molecule has 2 rings (SSSR count). The first kappa shape index (κ1) is 23.3. The second-order valence-electron chi connectivity index (χ2n) is 8.15. The third-order valence-electron chi connectivity index (χ3n) is 5.33. The third kappa shape index (κ3) is 7.12. The van der Waals surface area contributed by atoms with Crippen LogP contribution in [0.2, 0.25) is 0 Å². The molecule has 0 spiro atoms. The smallest absolute Gasteiger partial charge is 0.344 e. The molecular formula is C21H31NO6S. The zero-order valence-electron chi connectivity index (χ0n) is 17.5. The van der Waals surface area contributed by atoms with Crippen molar-refractivity contribution in [3.63, 3.8) is 0 Å². The van der Waals surface area contributed by atoms with E-state index in [2.05, 4.69) is 25.5 Å². The summed E-state index contributed by atoms with van der Waals surface area (Å²) >= 11 is 0. The first-order chi connectivity index (χ1) is 13.6. The molecule has 0 unspecified atom stereocenters. The molecule has 0 aliphatic heterocycles. The van der Waals surface area contributed by atoms with Gasteiger partial charge in [-0.15, -0.1) is 0 Å². The van der Waals surface area contributed by atoms with Crippen molar-refractivity contribution in [3.8, 4) is 0 Å². The number of ether oxygens (including phenoxy) is 2. The van der Waals surface area contributed by atoms with Gasteiger partial charge in [0.25, 0.3) is 0 Å². The molecule has 29 heavy (non-hydrogen) atoms. The Morgan fingerprint density at radius 2 is 1.79 bits per heavy atom. The Bertz CT molecular complexity index is 803. The average molecular weight is 426 g/mol. The molecule has 162 valence electrons. The van der Waals surface area contributed by atoms with Crippen LogP contribution in [0, 0.1) is 24.7 Å². The van der Waals surface area contributed by atoms with Gasteiger partial charge in [-0.3, -0.25) is 4.79 Å². The van der Waals surface area contributed by atoms with Crippen LogP contribution in [-0.2, 0) is 29.1 Å². The summed E-state index contributed by atoms with van der Waals surface area (Å²) in [6.45, 7) is 7.12. The average Bonchev–Trinajstić information content (AvgIpc) is 2.65. The lowest BCUT2D eigenvalue weighted by atomic mass is 9.75. The summed E-state index contributed by atoms with van der Waals surface area (Å²) in [6, 6.07) is 6.24. The molecule has 1 N–H and O–H groups in total. The van der Waals surface area contributed by atoms with Crippen LogP contribution >= 0.6 is 0 Å². The molecule has 1 aromatic carbocycles. The van der Waals surface area contributed by atoms with Crippen molar-refractivity contribution in [1.29, 1.82) is 0 Å². The SMILES string of the molecule is Cc1ccc(S(=O)(=O)NCC(=O)OCC(=O)O[C@@H]2C[C@@H](C)CC[C@H]2C(C)C)cc1. The maximum Gasteiger partial charge on any atom is 0.344 e. The number of esters is 2. The summed E-state index contributed by atoms with van der Waals surface area (Å²) < 4.78 is 36.9. The Morgan fingerprint density at radius 1 is 1.14 bits per heavy atom. The van der Waals surface area contributed by atoms with Gasteiger partial charge in [0.15, 0.2) is 6.61 Å². The Kier molecular flexibility index (Phi) is 8.22. The van der Waals surface area contributed by atoms with E-state index in [4.69, 9.17) is 9.47 Å². The Labute approximate surface area is 173 Å². The zero-order chi connectivity index (χ0) is 21.6. The second kappa shape index (κ2) is 10.2. The van der Waals surface area contributed by atoms with Gasteiger partial charge in [-0.05, 0) is 49.7 Å². The van der Waals surface area contributed by atoms with E-state index in [1.807, 2.05) is 6.92 Å². The predicted octanol–water partition coefficient (Wildman–Crippen LogP) is 2.82. The Hall–Kier alpha value is -1.93. The number of benzene rings is 1. The molecule has 0 amide bonds. The van der Waals surface area contributed by atoms with E-state index in [-0.39, 0.29) is 11.0 Å². The van der Waals surface area contributed by atoms with Crippen molar-refractivity contribution < 1.29 is 27.5 Å². The summed E-state index contributed by atoms with van der Waals surface area (Å²) in [4.78, 5) is 24.0. The molecule has 1 aromatic rings. The Morgan fingerprint density at radius 3 is 2.41 bits per heavy atom. The highest BCUT2D eigenvalue weighted by Gasteiger charge is 2.33. The number of rotatable bonds is 8. The van der Waals surface area contributed by atoms with Gasteiger partial charge in [-0.1, -0.05) is 44.9 Å². The number of aryl methyl sites for hydroxylation is 1. The van der Waals surface area contributed by atoms with Crippen LogP contribution in [0.25, 0.3) is 0 Å². The van der Waals surface area contributed by atoms with Crippen LogP contribution in [0.15, 0.2) is 29.2 Å². The first-order valence-corrected chi connectivity index (χ1v) is 11.5. The fraction of sp³-hybridized carbons (Fsp3) is 0.619. The molecule has 1 fully saturated rings. The summed E-state index contributed by atoms with van der Waals surface area (Å²) in [7, 11) is -3.82. The normalized spacial score (nSPS) is 22.3. The van der Waals surface area contributed by atoms with Crippen molar-refractivity contribution in [2.45, 2.75) is 58.0 Å². The van der Waals surface area contributed by atoms with E-state index >= 15 is 0 Å². The number of carbonyl (C=O) groups excluding carboxylic acids is 2. The van der Waals surface area contributed by atoms with Gasteiger partial charge < -0.3 is 9.47 Å². The molecule has 0 heterocycles. The summed E-state index contributed by atoms with van der Waals surface area (Å²) in [5.41, 5.74) is 0.925. The van der Waals surface area contributed by atoms with Crippen molar-refractivity contribution >= 4 is 22.0 Å². The maximum absolute atomic E-state index is 12.2. The molecule has 8 heteroatoms. The molecule has 0 bridgehead atoms. The van der Waals surface area contributed by atoms with E-state index in [0.29, 0.717) is 17.8 Å². The third-order valence-corrected chi connectivity index (χ3v) is 6.75. The largest absolute Gasteiger partial charge is 0.460 e. The molecule has 0 radical (unpaired) electrons. The van der Waals surface area contributed by atoms with E-state index in [1.165, 1.54) is 12.1 Å². The molecular weight excluding hydrogens is 394 g/mol. The van der Waals surface area contributed by atoms with Crippen molar-refractivity contribution in [3.05, 3.63) is 29.8 Å². The quantitative estimate of drug-likeness (QED) is 0.643. The number of hydrogen-bond acceptors (Lipinski definition) is 6. The van der Waals surface area contributed by atoms with Crippen LogP contribution < -0.4 is 4.72 Å². The molecule has 1 aliphatic carbocycles. The lowest BCUT2D eigenvalue weighted by Gasteiger charge is -2.36. The number of sulfonamides is 1. The molecule has 7 nitrogen and oxygen atoms in total. The van der Waals surface area contributed by atoms with Gasteiger partial charge in [0, 0.05) is 0 Å². The van der Waals surface area contributed by atoms with Crippen molar-refractivity contribution in [1.82, 2.24) is 4.72 Å². The number of hydrogen-bond donors (Lipinski definition) is 1. The maximum atomic E-state index is 12.2. The van der Waals surface area contributed by atoms with Gasteiger partial charge >= 0.3 is 11.9 Å². The highest BCUT2D eigenvalue weighted by Crippen LogP contribution is 2.35. The van der Waals surface area contributed by atoms with Gasteiger partial charge in [0.05, 0.1) is 4.90 Å². The minimum atomic E-state index is -3.82. The lowest BCUT2D eigenvalue weighted by Crippen LogP contribution is -2.37. The van der Waals surface area contributed by atoms with E-state index in [1.54, 1.807) is 12.1 Å². The van der Waals surface area contributed by atoms with Crippen molar-refractivity contribution in [2.75, 3.05) is 13.2 Å². The fourth-order valence-corrected chi connectivity index (χ4v) is 4.57. The standard InChI is InChI=1S/C21H31NO6S/c1-14(2)18-10-7-16(4)11-19(18)28-21(24)13-27-20(23)12-22-29(25,26)17-8-5-15(3)6-9-17/h5-6,8-9,14,16,18-19,22H,7,10-13H2,1-4H3/t16-,18-,19+/m0/s1. The van der Waals surface area contributed by atoms with Crippen LogP contribution in [0.3, 0.4) is 0 Å². The van der Waals surface area contributed by atoms with Crippen LogP contribution in [0.4, 0.5) is 0 Å². The molecule has 0 aromatic heterocycles. The van der Waals surface area contributed by atoms with Crippen LogP contribution in [-0.4, -0.2) is 39.6 Å². The lowest BCUT2D eigenvalue weighted by molar-refractivity contribution is -0.166. The van der Waals surface area contributed by atoms with E-state index < -0.39 is 35.1 Å². The molecule has 0 saturated heterocycles. The second-order valence-corrected chi connectivity index (χ2v) is 9.92. The number of carbonyl (C=O) groups is 2. The molecule has 3 atom stereocenters. The molecule has 1 saturated carbocycles. The van der Waals surface area contributed by atoms with Crippen molar-refractivity contribution in [2.24, 2.45) is 17.8 Å². The molecule has 1 aliphatic rings. The van der Waals surface area contributed by atoms with E-state index in [9.17, 15) is 18.0 Å². The first-order valence-electron chi connectivity index (χ1n) is 10.00. The zero-order valence-corrected chi connectivity index (χ0v) is 18.3. The van der Waals surface area contributed by atoms with Gasteiger partial charge in [-0.25, -0.2) is 13.2 Å². The van der Waals surface area contributed by atoms with Gasteiger partial charge in [0.1, 0.15) is 12.6 Å². The van der Waals surface area contributed by atoms with E-state index in [0.717, 1.165) is 24.8 Å². The van der Waals surface area contributed by atoms with Crippen LogP contribution in [0.5, 0.6) is 0 Å². The summed E-state index contributed by atoms with van der Waals surface area (Å²) in [5, 5.41) is 0. The Balaban J connectivity index is 1.79. The highest BCUT2D eigenvalue weighted by molar-refractivity contribution is 7.89.